The molecule has 2 aromatic rings. The molecule has 6 rings (SSSR count). The average molecular weight is 563 g/mol. The molecule has 41 heavy (non-hydrogen) atoms. The van der Waals surface area contributed by atoms with Gasteiger partial charge in [-0.1, -0.05) is 6.07 Å². The number of nitrogens with zero attached hydrogens (tertiary/aromatic N) is 3. The van der Waals surface area contributed by atoms with E-state index in [0.29, 0.717) is 11.7 Å². The molecule has 4 fully saturated rings. The Kier molecular flexibility index (Phi) is 7.59. The number of hydrogen-bond donors (Lipinski definition) is 3. The second-order valence-electron chi connectivity index (χ2n) is 12.1. The molecule has 1 unspecified atom stereocenters. The van der Waals surface area contributed by atoms with E-state index in [-0.39, 0.29) is 29.7 Å². The third-order valence-electron chi connectivity index (χ3n) is 9.64. The van der Waals surface area contributed by atoms with E-state index < -0.39 is 23.7 Å². The third-order valence-corrected chi connectivity index (χ3v) is 9.64. The van der Waals surface area contributed by atoms with E-state index in [9.17, 15) is 14.4 Å². The molecular weight excluding hydrogens is 523 g/mol. The zero-order valence-corrected chi connectivity index (χ0v) is 23.4. The van der Waals surface area contributed by atoms with E-state index in [1.165, 1.54) is 18.2 Å². The Morgan fingerprint density at radius 3 is 2.34 bits per heavy atom. The summed E-state index contributed by atoms with van der Waals surface area (Å²) in [4.78, 5) is 43.5. The average Bonchev–Trinajstić information content (AvgIpc) is 3.39. The quantitative estimate of drug-likeness (QED) is 0.380. The van der Waals surface area contributed by atoms with Crippen LogP contribution in [0.15, 0.2) is 42.5 Å². The zero-order chi connectivity index (χ0) is 28.6. The summed E-state index contributed by atoms with van der Waals surface area (Å²) in [5.41, 5.74) is 8.51. The second-order valence-corrected chi connectivity index (χ2v) is 12.1. The van der Waals surface area contributed by atoms with Gasteiger partial charge >= 0.3 is 0 Å². The smallest absolute Gasteiger partial charge is 0.254 e. The van der Waals surface area contributed by atoms with E-state index in [4.69, 9.17) is 5.73 Å². The summed E-state index contributed by atoms with van der Waals surface area (Å²) in [6.07, 6.45) is 5.85. The molecule has 0 bridgehead atoms. The molecule has 0 aliphatic carbocycles. The minimum Gasteiger partial charge on any atom is -0.399 e. The van der Waals surface area contributed by atoms with Gasteiger partial charge in [-0.2, -0.15) is 0 Å². The number of carbonyl (C=O) groups is 3. The number of nitrogen functional groups attached to an aromatic ring is 1. The van der Waals surface area contributed by atoms with Crippen molar-refractivity contribution in [1.82, 2.24) is 15.5 Å². The maximum absolute atomic E-state index is 15.6. The third kappa shape index (κ3) is 5.75. The number of piperidine rings is 3. The van der Waals surface area contributed by atoms with Crippen molar-refractivity contribution in [2.24, 2.45) is 5.41 Å². The van der Waals surface area contributed by atoms with Gasteiger partial charge in [-0.05, 0) is 86.9 Å². The Morgan fingerprint density at radius 2 is 1.63 bits per heavy atom. The highest BCUT2D eigenvalue weighted by Gasteiger charge is 2.43. The largest absolute Gasteiger partial charge is 0.399 e. The highest BCUT2D eigenvalue weighted by atomic mass is 19.1. The first-order chi connectivity index (χ1) is 19.8. The first-order valence-electron chi connectivity index (χ1n) is 14.8. The Balaban J connectivity index is 1.02. The van der Waals surface area contributed by atoms with Crippen LogP contribution in [0.4, 0.5) is 21.5 Å². The minimum atomic E-state index is -0.839. The molecule has 4 aliphatic rings. The normalized spacial score (nSPS) is 23.6. The molecule has 10 heteroatoms. The summed E-state index contributed by atoms with van der Waals surface area (Å²) in [6.45, 7) is 5.83. The summed E-state index contributed by atoms with van der Waals surface area (Å²) in [5, 5.41) is 4.81. The molecule has 4 aliphatic heterocycles. The maximum atomic E-state index is 15.6. The van der Waals surface area contributed by atoms with Crippen molar-refractivity contribution < 1.29 is 18.8 Å². The SMILES string of the molecule is Nc1ccc(N2CCC(N3CCC4(CCN(c5cccc(C(=O)NC6CCC(=O)NC6=O)c5F)CC4)C3)CC2)cc1. The van der Waals surface area contributed by atoms with Gasteiger partial charge in [-0.25, -0.2) is 4.39 Å². The number of imide groups is 1. The number of carbonyl (C=O) groups excluding carboxylic acids is 3. The Bertz CT molecular complexity index is 1300. The van der Waals surface area contributed by atoms with Crippen molar-refractivity contribution >= 4 is 34.8 Å². The fourth-order valence-corrected chi connectivity index (χ4v) is 7.09. The van der Waals surface area contributed by atoms with Gasteiger partial charge in [0.05, 0.1) is 11.3 Å². The van der Waals surface area contributed by atoms with Gasteiger partial charge < -0.3 is 20.9 Å². The fourth-order valence-electron chi connectivity index (χ4n) is 7.09. The van der Waals surface area contributed by atoms with Gasteiger partial charge in [-0.15, -0.1) is 0 Å². The molecule has 4 heterocycles. The summed E-state index contributed by atoms with van der Waals surface area (Å²) >= 11 is 0. The van der Waals surface area contributed by atoms with Crippen molar-refractivity contribution in [3.8, 4) is 0 Å². The summed E-state index contributed by atoms with van der Waals surface area (Å²) in [7, 11) is 0. The van der Waals surface area contributed by atoms with Crippen LogP contribution in [0.5, 0.6) is 0 Å². The lowest BCUT2D eigenvalue weighted by Crippen LogP contribution is -2.52. The molecule has 1 atom stereocenters. The molecule has 218 valence electrons. The van der Waals surface area contributed by atoms with Gasteiger partial charge in [-0.3, -0.25) is 24.6 Å². The number of likely N-dealkylation sites (tertiary alicyclic amines) is 1. The molecular formula is C31H39FN6O3. The monoisotopic (exact) mass is 562 g/mol. The second kappa shape index (κ2) is 11.3. The number of halogens is 1. The molecule has 0 radical (unpaired) electrons. The lowest BCUT2D eigenvalue weighted by Gasteiger charge is -2.42. The van der Waals surface area contributed by atoms with Crippen LogP contribution in [0, 0.1) is 11.2 Å². The summed E-state index contributed by atoms with van der Waals surface area (Å²) in [5.74, 6) is -2.11. The number of hydrogen-bond acceptors (Lipinski definition) is 7. The van der Waals surface area contributed by atoms with E-state index in [2.05, 4.69) is 37.5 Å². The van der Waals surface area contributed by atoms with E-state index in [1.54, 1.807) is 12.1 Å². The topological polar surface area (TPSA) is 111 Å². The fraction of sp³-hybridized carbons (Fsp3) is 0.516. The lowest BCUT2D eigenvalue weighted by atomic mass is 9.77. The number of benzene rings is 2. The summed E-state index contributed by atoms with van der Waals surface area (Å²) in [6, 6.07) is 12.8. The number of anilines is 3. The molecule has 0 saturated carbocycles. The lowest BCUT2D eigenvalue weighted by molar-refractivity contribution is -0.134. The van der Waals surface area contributed by atoms with Gasteiger partial charge in [0, 0.05) is 56.6 Å². The number of amides is 3. The molecule has 3 amide bonds. The van der Waals surface area contributed by atoms with Crippen LogP contribution < -0.4 is 26.2 Å². The van der Waals surface area contributed by atoms with Crippen LogP contribution in [-0.4, -0.2) is 74.0 Å². The van der Waals surface area contributed by atoms with Crippen molar-refractivity contribution in [2.45, 2.75) is 57.0 Å². The van der Waals surface area contributed by atoms with Crippen LogP contribution >= 0.6 is 0 Å². The molecule has 9 nitrogen and oxygen atoms in total. The van der Waals surface area contributed by atoms with E-state index in [1.807, 2.05) is 12.1 Å². The van der Waals surface area contributed by atoms with Crippen molar-refractivity contribution in [3.05, 3.63) is 53.8 Å². The van der Waals surface area contributed by atoms with E-state index >= 15 is 4.39 Å². The molecule has 1 spiro atoms. The van der Waals surface area contributed by atoms with E-state index in [0.717, 1.165) is 70.6 Å². The Morgan fingerprint density at radius 1 is 0.927 bits per heavy atom. The van der Waals surface area contributed by atoms with Gasteiger partial charge in [0.2, 0.25) is 11.8 Å². The maximum Gasteiger partial charge on any atom is 0.254 e. The number of rotatable bonds is 5. The summed E-state index contributed by atoms with van der Waals surface area (Å²) < 4.78 is 15.6. The molecule has 0 aromatic heterocycles. The van der Waals surface area contributed by atoms with Gasteiger partial charge in [0.1, 0.15) is 6.04 Å². The first-order valence-corrected chi connectivity index (χ1v) is 14.8. The van der Waals surface area contributed by atoms with Gasteiger partial charge in [0.15, 0.2) is 5.82 Å². The van der Waals surface area contributed by atoms with Crippen LogP contribution in [-0.2, 0) is 9.59 Å². The zero-order valence-electron chi connectivity index (χ0n) is 23.4. The molecule has 2 aromatic carbocycles. The molecule has 4 N–H and O–H groups in total. The van der Waals surface area contributed by atoms with Crippen LogP contribution in [0.25, 0.3) is 0 Å². The van der Waals surface area contributed by atoms with Gasteiger partial charge in [0.25, 0.3) is 5.91 Å². The van der Waals surface area contributed by atoms with Crippen molar-refractivity contribution in [3.63, 3.8) is 0 Å². The Hall–Kier alpha value is -3.66. The minimum absolute atomic E-state index is 0.0789. The van der Waals surface area contributed by atoms with Crippen molar-refractivity contribution in [2.75, 3.05) is 54.8 Å². The van der Waals surface area contributed by atoms with Crippen molar-refractivity contribution in [1.29, 1.82) is 0 Å². The van der Waals surface area contributed by atoms with Crippen LogP contribution in [0.3, 0.4) is 0 Å². The number of nitrogens with one attached hydrogen (secondary N) is 2. The highest BCUT2D eigenvalue weighted by Crippen LogP contribution is 2.43. The first kappa shape index (κ1) is 27.5. The predicted octanol–water partition coefficient (Wildman–Crippen LogP) is 2.90. The number of nitrogens with two attached hydrogens (primary N) is 1. The van der Waals surface area contributed by atoms with Crippen LogP contribution in [0.2, 0.25) is 0 Å². The standard InChI is InChI=1S/C31H39FN6O3/c32-28-24(29(40)34-25-8-9-27(39)35-30(25)41)2-1-3-26(28)37-17-12-31(13-18-37)14-19-38(20-31)23-10-15-36(16-11-23)22-6-4-21(33)5-7-22/h1-7,23,25H,8-20,33H2,(H,34,40)(H,35,39,41). The van der Waals surface area contributed by atoms with Crippen LogP contribution in [0.1, 0.15) is 55.3 Å². The highest BCUT2D eigenvalue weighted by molar-refractivity contribution is 6.04. The molecule has 4 saturated heterocycles. The Labute approximate surface area is 240 Å². The predicted molar refractivity (Wildman–Crippen MR) is 156 cm³/mol.